The van der Waals surface area contributed by atoms with E-state index in [-0.39, 0.29) is 17.3 Å². The van der Waals surface area contributed by atoms with Gasteiger partial charge in [-0.3, -0.25) is 9.20 Å². The van der Waals surface area contributed by atoms with Crippen LogP contribution in [0.2, 0.25) is 0 Å². The SMILES string of the molecule is O=C(CSc1n[nH]c2nc3ccccc3n12)c1ccc(OC(F)F)cc1. The maximum atomic E-state index is 12.3. The average Bonchev–Trinajstić information content (AvgIpc) is 3.19. The van der Waals surface area contributed by atoms with Gasteiger partial charge in [0.05, 0.1) is 16.8 Å². The van der Waals surface area contributed by atoms with Gasteiger partial charge in [0.1, 0.15) is 5.75 Å². The molecule has 2 aromatic carbocycles. The number of Topliss-reactive ketones (excluding diaryl/α,β-unsaturated/α-hetero) is 1. The van der Waals surface area contributed by atoms with E-state index in [1.807, 2.05) is 28.7 Å². The number of nitrogens with zero attached hydrogens (tertiary/aromatic N) is 3. The zero-order chi connectivity index (χ0) is 18.1. The number of rotatable bonds is 6. The third-order valence-corrected chi connectivity index (χ3v) is 4.68. The Hall–Kier alpha value is -2.94. The molecule has 2 aromatic heterocycles. The Kier molecular flexibility index (Phi) is 4.29. The molecule has 4 aromatic rings. The number of aromatic nitrogens is 4. The lowest BCUT2D eigenvalue weighted by Crippen LogP contribution is -2.05. The number of thioether (sulfide) groups is 1. The summed E-state index contributed by atoms with van der Waals surface area (Å²) in [4.78, 5) is 16.8. The Balaban J connectivity index is 1.50. The number of alkyl halides is 2. The number of H-pyrrole nitrogens is 1. The second-order valence-corrected chi connectivity index (χ2v) is 6.32. The van der Waals surface area contributed by atoms with E-state index in [0.29, 0.717) is 16.5 Å². The molecular formula is C17H12F2N4O2S. The molecule has 0 fully saturated rings. The first-order chi connectivity index (χ1) is 12.6. The van der Waals surface area contributed by atoms with Gasteiger partial charge in [-0.25, -0.2) is 10.1 Å². The number of nitrogens with one attached hydrogen (secondary N) is 1. The van der Waals surface area contributed by atoms with Crippen LogP contribution in [0.25, 0.3) is 16.8 Å². The Morgan fingerprint density at radius 1 is 1.19 bits per heavy atom. The first kappa shape index (κ1) is 16.5. The molecule has 0 aliphatic rings. The molecule has 2 heterocycles. The summed E-state index contributed by atoms with van der Waals surface area (Å²) >= 11 is 1.27. The number of imidazole rings is 1. The largest absolute Gasteiger partial charge is 0.435 e. The fourth-order valence-corrected chi connectivity index (χ4v) is 3.43. The molecule has 0 aliphatic heterocycles. The molecular weight excluding hydrogens is 362 g/mol. The van der Waals surface area contributed by atoms with E-state index in [2.05, 4.69) is 19.9 Å². The Morgan fingerprint density at radius 3 is 2.73 bits per heavy atom. The lowest BCUT2D eigenvalue weighted by Gasteiger charge is -2.05. The number of carbonyl (C=O) groups is 1. The summed E-state index contributed by atoms with van der Waals surface area (Å²) in [5, 5.41) is 7.67. The van der Waals surface area contributed by atoms with Gasteiger partial charge < -0.3 is 4.74 Å². The van der Waals surface area contributed by atoms with Crippen molar-refractivity contribution >= 4 is 34.4 Å². The number of hydrogen-bond donors (Lipinski definition) is 1. The predicted molar refractivity (Wildman–Crippen MR) is 93.0 cm³/mol. The van der Waals surface area contributed by atoms with Gasteiger partial charge in [0, 0.05) is 5.56 Å². The van der Waals surface area contributed by atoms with Crippen LogP contribution in [-0.2, 0) is 0 Å². The molecule has 6 nitrogen and oxygen atoms in total. The van der Waals surface area contributed by atoms with E-state index in [1.165, 1.54) is 36.0 Å². The molecule has 0 atom stereocenters. The quantitative estimate of drug-likeness (QED) is 0.411. The third kappa shape index (κ3) is 3.13. The number of hydrogen-bond acceptors (Lipinski definition) is 5. The molecule has 0 amide bonds. The summed E-state index contributed by atoms with van der Waals surface area (Å²) in [5.41, 5.74) is 2.16. The normalized spacial score (nSPS) is 11.5. The van der Waals surface area contributed by atoms with Crippen LogP contribution in [-0.4, -0.2) is 37.7 Å². The van der Waals surface area contributed by atoms with Crippen molar-refractivity contribution in [2.75, 3.05) is 5.75 Å². The molecule has 0 aliphatic carbocycles. The smallest absolute Gasteiger partial charge is 0.387 e. The average molecular weight is 374 g/mol. The fraction of sp³-hybridized carbons (Fsp3) is 0.118. The number of halogens is 2. The van der Waals surface area contributed by atoms with Gasteiger partial charge >= 0.3 is 6.61 Å². The first-order valence-corrected chi connectivity index (χ1v) is 8.63. The molecule has 0 saturated heterocycles. The highest BCUT2D eigenvalue weighted by Gasteiger charge is 2.14. The van der Waals surface area contributed by atoms with E-state index >= 15 is 0 Å². The maximum absolute atomic E-state index is 12.3. The van der Waals surface area contributed by atoms with Crippen LogP contribution in [0.1, 0.15) is 10.4 Å². The van der Waals surface area contributed by atoms with Crippen LogP contribution in [0.5, 0.6) is 5.75 Å². The van der Waals surface area contributed by atoms with E-state index < -0.39 is 6.61 Å². The highest BCUT2D eigenvalue weighted by molar-refractivity contribution is 7.99. The van der Waals surface area contributed by atoms with Crippen molar-refractivity contribution in [1.82, 2.24) is 19.6 Å². The lowest BCUT2D eigenvalue weighted by molar-refractivity contribution is -0.0498. The monoisotopic (exact) mass is 374 g/mol. The van der Waals surface area contributed by atoms with Gasteiger partial charge in [0.2, 0.25) is 5.78 Å². The molecule has 0 unspecified atom stereocenters. The van der Waals surface area contributed by atoms with Crippen LogP contribution in [0, 0.1) is 0 Å². The topological polar surface area (TPSA) is 72.3 Å². The summed E-state index contributed by atoms with van der Waals surface area (Å²) in [6.07, 6.45) is 0. The molecule has 0 bridgehead atoms. The fourth-order valence-electron chi connectivity index (χ4n) is 2.57. The second kappa shape index (κ2) is 6.75. The Morgan fingerprint density at radius 2 is 1.96 bits per heavy atom. The minimum Gasteiger partial charge on any atom is -0.435 e. The van der Waals surface area contributed by atoms with Crippen molar-refractivity contribution in [1.29, 1.82) is 0 Å². The molecule has 26 heavy (non-hydrogen) atoms. The summed E-state index contributed by atoms with van der Waals surface area (Å²) in [5.74, 6) is 0.638. The number of para-hydroxylation sites is 2. The lowest BCUT2D eigenvalue weighted by atomic mass is 10.1. The van der Waals surface area contributed by atoms with Crippen molar-refractivity contribution in [2.45, 2.75) is 11.8 Å². The van der Waals surface area contributed by atoms with Gasteiger partial charge in [-0.15, -0.1) is 5.10 Å². The summed E-state index contributed by atoms with van der Waals surface area (Å²) in [7, 11) is 0. The highest BCUT2D eigenvalue weighted by atomic mass is 32.2. The summed E-state index contributed by atoms with van der Waals surface area (Å²) < 4.78 is 30.4. The molecule has 0 saturated carbocycles. The van der Waals surface area contributed by atoms with Crippen molar-refractivity contribution in [3.63, 3.8) is 0 Å². The van der Waals surface area contributed by atoms with Crippen LogP contribution in [0.4, 0.5) is 8.78 Å². The standard InChI is InChI=1S/C17H12F2N4O2S/c18-15(19)25-11-7-5-10(6-8-11)14(24)9-26-17-22-21-16-20-12-3-1-2-4-13(12)23(16)17/h1-8,15H,9H2,(H,20,21). The van der Waals surface area contributed by atoms with Crippen LogP contribution >= 0.6 is 11.8 Å². The van der Waals surface area contributed by atoms with Crippen molar-refractivity contribution in [2.24, 2.45) is 0 Å². The number of benzene rings is 2. The van der Waals surface area contributed by atoms with E-state index in [0.717, 1.165) is 11.0 Å². The number of carbonyl (C=O) groups excluding carboxylic acids is 1. The van der Waals surface area contributed by atoms with Gasteiger partial charge in [-0.05, 0) is 36.4 Å². The van der Waals surface area contributed by atoms with E-state index in [4.69, 9.17) is 0 Å². The summed E-state index contributed by atoms with van der Waals surface area (Å²) in [6, 6.07) is 13.3. The Bertz CT molecular complexity index is 1080. The van der Waals surface area contributed by atoms with E-state index in [1.54, 1.807) is 0 Å². The molecule has 132 valence electrons. The number of ketones is 1. The molecule has 9 heteroatoms. The molecule has 1 N–H and O–H groups in total. The zero-order valence-corrected chi connectivity index (χ0v) is 14.0. The van der Waals surface area contributed by atoms with Crippen LogP contribution < -0.4 is 4.74 Å². The predicted octanol–water partition coefficient (Wildman–Crippen LogP) is 3.79. The van der Waals surface area contributed by atoms with Crippen molar-refractivity contribution in [3.05, 3.63) is 54.1 Å². The maximum Gasteiger partial charge on any atom is 0.387 e. The van der Waals surface area contributed by atoms with Gasteiger partial charge in [-0.2, -0.15) is 8.78 Å². The molecule has 0 radical (unpaired) electrons. The van der Waals surface area contributed by atoms with Crippen LogP contribution in [0.3, 0.4) is 0 Å². The summed E-state index contributed by atoms with van der Waals surface area (Å²) in [6.45, 7) is -2.89. The Labute approximate surface area is 150 Å². The van der Waals surface area contributed by atoms with Crippen molar-refractivity contribution < 1.29 is 18.3 Å². The van der Waals surface area contributed by atoms with Gasteiger partial charge in [-0.1, -0.05) is 23.9 Å². The number of fused-ring (bicyclic) bond motifs is 3. The highest BCUT2D eigenvalue weighted by Crippen LogP contribution is 2.24. The minimum atomic E-state index is -2.89. The van der Waals surface area contributed by atoms with Gasteiger partial charge in [0.15, 0.2) is 10.9 Å². The van der Waals surface area contributed by atoms with E-state index in [9.17, 15) is 13.6 Å². The number of aromatic amines is 1. The number of ether oxygens (including phenoxy) is 1. The molecule has 0 spiro atoms. The second-order valence-electron chi connectivity index (χ2n) is 5.38. The van der Waals surface area contributed by atoms with Gasteiger partial charge in [0.25, 0.3) is 0 Å². The molecule has 4 rings (SSSR count). The first-order valence-electron chi connectivity index (χ1n) is 7.64. The third-order valence-electron chi connectivity index (χ3n) is 3.74. The van der Waals surface area contributed by atoms with Crippen molar-refractivity contribution in [3.8, 4) is 5.75 Å². The zero-order valence-electron chi connectivity index (χ0n) is 13.2. The minimum absolute atomic E-state index is 0.0168. The van der Waals surface area contributed by atoms with Crippen LogP contribution in [0.15, 0.2) is 53.7 Å².